The first-order valence-corrected chi connectivity index (χ1v) is 8.27. The van der Waals surface area contributed by atoms with E-state index in [4.69, 9.17) is 9.84 Å². The summed E-state index contributed by atoms with van der Waals surface area (Å²) < 4.78 is 5.82. The van der Waals surface area contributed by atoms with E-state index in [1.807, 2.05) is 24.3 Å². The number of phenolic OH excluding ortho intramolecular Hbond substituents is 1. The molecule has 0 aliphatic heterocycles. The predicted octanol–water partition coefficient (Wildman–Crippen LogP) is 3.29. The van der Waals surface area contributed by atoms with Crippen LogP contribution in [0.15, 0.2) is 42.6 Å². The molecule has 0 unspecified atom stereocenters. The lowest BCUT2D eigenvalue weighted by atomic mass is 9.81. The van der Waals surface area contributed by atoms with Crippen molar-refractivity contribution >= 4 is 6.09 Å². The van der Waals surface area contributed by atoms with Crippen LogP contribution in [0, 0.1) is 0 Å². The number of pyridine rings is 1. The molecule has 1 amide bonds. The number of carbonyl (C=O) groups is 1. The van der Waals surface area contributed by atoms with Crippen LogP contribution in [0.5, 0.6) is 11.5 Å². The number of rotatable bonds is 5. The topological polar surface area (TPSA) is 91.7 Å². The average Bonchev–Trinajstić information content (AvgIpc) is 2.53. The minimum Gasteiger partial charge on any atom is -0.508 e. The Balaban J connectivity index is 1.62. The van der Waals surface area contributed by atoms with Crippen molar-refractivity contribution in [2.45, 2.75) is 44.2 Å². The largest absolute Gasteiger partial charge is 0.508 e. The zero-order valence-electron chi connectivity index (χ0n) is 14.3. The molecule has 25 heavy (non-hydrogen) atoms. The van der Waals surface area contributed by atoms with E-state index in [9.17, 15) is 9.90 Å². The van der Waals surface area contributed by atoms with Crippen LogP contribution in [-0.4, -0.2) is 33.4 Å². The molecule has 1 aromatic carbocycles. The van der Waals surface area contributed by atoms with Gasteiger partial charge in [0.25, 0.3) is 0 Å². The molecule has 0 bridgehead atoms. The summed E-state index contributed by atoms with van der Waals surface area (Å²) in [4.78, 5) is 15.1. The summed E-state index contributed by atoms with van der Waals surface area (Å²) in [6.07, 6.45) is 2.08. The Morgan fingerprint density at radius 1 is 1.20 bits per heavy atom. The molecule has 1 heterocycles. The second-order valence-electron chi connectivity index (χ2n) is 6.91. The van der Waals surface area contributed by atoms with Crippen LogP contribution in [0.25, 0.3) is 0 Å². The highest BCUT2D eigenvalue weighted by Crippen LogP contribution is 2.32. The van der Waals surface area contributed by atoms with Crippen LogP contribution < -0.4 is 10.1 Å². The van der Waals surface area contributed by atoms with Gasteiger partial charge in [0.05, 0.1) is 11.9 Å². The van der Waals surface area contributed by atoms with E-state index in [2.05, 4.69) is 24.1 Å². The Labute approximate surface area is 146 Å². The monoisotopic (exact) mass is 342 g/mol. The number of phenols is 1. The Bertz CT molecular complexity index is 735. The van der Waals surface area contributed by atoms with Gasteiger partial charge in [-0.05, 0) is 29.8 Å². The van der Waals surface area contributed by atoms with Crippen molar-refractivity contribution in [3.8, 4) is 11.5 Å². The second kappa shape index (κ2) is 6.63. The molecule has 1 aliphatic rings. The minimum atomic E-state index is -0.995. The molecule has 2 aromatic rings. The van der Waals surface area contributed by atoms with Crippen molar-refractivity contribution in [2.24, 2.45) is 0 Å². The van der Waals surface area contributed by atoms with Crippen LogP contribution in [0.1, 0.15) is 37.9 Å². The van der Waals surface area contributed by atoms with E-state index in [0.29, 0.717) is 18.6 Å². The van der Waals surface area contributed by atoms with Crippen molar-refractivity contribution in [1.29, 1.82) is 0 Å². The Morgan fingerprint density at radius 3 is 2.44 bits per heavy atom. The van der Waals surface area contributed by atoms with Crippen LogP contribution in [-0.2, 0) is 5.41 Å². The number of hydrogen-bond acceptors (Lipinski definition) is 4. The third kappa shape index (κ3) is 3.84. The zero-order valence-corrected chi connectivity index (χ0v) is 14.3. The van der Waals surface area contributed by atoms with Crippen LogP contribution in [0.3, 0.4) is 0 Å². The van der Waals surface area contributed by atoms with Gasteiger partial charge in [-0.25, -0.2) is 4.79 Å². The molecule has 0 atom stereocenters. The van der Waals surface area contributed by atoms with Gasteiger partial charge in [0.15, 0.2) is 0 Å². The van der Waals surface area contributed by atoms with Crippen LogP contribution in [0.4, 0.5) is 4.79 Å². The predicted molar refractivity (Wildman–Crippen MR) is 93.1 cm³/mol. The van der Waals surface area contributed by atoms with E-state index in [1.54, 1.807) is 18.3 Å². The highest BCUT2D eigenvalue weighted by atomic mass is 16.5. The first-order valence-electron chi connectivity index (χ1n) is 8.27. The normalized spacial score (nSPS) is 19.8. The summed E-state index contributed by atoms with van der Waals surface area (Å²) in [5, 5.41) is 20.6. The molecular formula is C19H22N2O4. The number of carboxylic acid groups (broad SMARTS) is 1. The number of aromatic hydroxyl groups is 1. The number of benzene rings is 1. The zero-order chi connectivity index (χ0) is 18.0. The summed E-state index contributed by atoms with van der Waals surface area (Å²) in [5.41, 5.74) is 1.68. The fraction of sp³-hybridized carbons (Fsp3) is 0.368. The number of nitrogens with one attached hydrogen (secondary N) is 1. The molecule has 6 heteroatoms. The number of nitrogens with zero attached hydrogens (tertiary/aromatic N) is 1. The van der Waals surface area contributed by atoms with E-state index in [-0.39, 0.29) is 23.3 Å². The maximum absolute atomic E-state index is 10.6. The van der Waals surface area contributed by atoms with Gasteiger partial charge in [0.2, 0.25) is 0 Å². The quantitative estimate of drug-likeness (QED) is 0.775. The number of ether oxygens (including phenoxy) is 1. The molecule has 3 N–H and O–H groups in total. The molecule has 1 fully saturated rings. The molecule has 1 aliphatic carbocycles. The summed E-state index contributed by atoms with van der Waals surface area (Å²) in [6, 6.07) is 10.9. The number of aromatic nitrogens is 1. The second-order valence-corrected chi connectivity index (χ2v) is 6.91. The highest BCUT2D eigenvalue weighted by molar-refractivity contribution is 5.65. The third-order valence-electron chi connectivity index (χ3n) is 4.69. The molecule has 132 valence electrons. The minimum absolute atomic E-state index is 0.0228. The van der Waals surface area contributed by atoms with Crippen molar-refractivity contribution in [2.75, 3.05) is 0 Å². The summed E-state index contributed by atoms with van der Waals surface area (Å²) in [5.74, 6) is 0.927. The third-order valence-corrected chi connectivity index (χ3v) is 4.69. The van der Waals surface area contributed by atoms with Gasteiger partial charge in [0.1, 0.15) is 17.6 Å². The van der Waals surface area contributed by atoms with Gasteiger partial charge in [-0.15, -0.1) is 0 Å². The van der Waals surface area contributed by atoms with Gasteiger partial charge >= 0.3 is 6.09 Å². The van der Waals surface area contributed by atoms with E-state index >= 15 is 0 Å². The molecule has 0 saturated heterocycles. The average molecular weight is 342 g/mol. The smallest absolute Gasteiger partial charge is 0.404 e. The Kier molecular flexibility index (Phi) is 4.53. The highest BCUT2D eigenvalue weighted by Gasteiger charge is 2.32. The van der Waals surface area contributed by atoms with Crippen LogP contribution in [0.2, 0.25) is 0 Å². The van der Waals surface area contributed by atoms with Gasteiger partial charge < -0.3 is 20.3 Å². The molecule has 1 aromatic heterocycles. The van der Waals surface area contributed by atoms with Gasteiger partial charge in [-0.1, -0.05) is 26.0 Å². The molecular weight excluding hydrogens is 320 g/mol. The molecule has 1 saturated carbocycles. The van der Waals surface area contributed by atoms with Gasteiger partial charge in [-0.3, -0.25) is 4.98 Å². The fourth-order valence-corrected chi connectivity index (χ4v) is 2.99. The van der Waals surface area contributed by atoms with Crippen molar-refractivity contribution < 1.29 is 19.7 Å². The van der Waals surface area contributed by atoms with Gasteiger partial charge in [-0.2, -0.15) is 0 Å². The standard InChI is InChI=1S/C19H22N2O4/c1-19(2,12-3-5-14(22)6-4-12)17-8-7-15(11-20-17)25-16-9-13(10-16)21-18(23)24/h3-8,11,13,16,21-22H,9-10H2,1-2H3,(H,23,24). The first-order chi connectivity index (χ1) is 11.8. The number of amides is 1. The Morgan fingerprint density at radius 2 is 1.88 bits per heavy atom. The van der Waals surface area contributed by atoms with E-state index < -0.39 is 6.09 Å². The molecule has 0 radical (unpaired) electrons. The lowest BCUT2D eigenvalue weighted by Gasteiger charge is -2.35. The number of hydrogen-bond donors (Lipinski definition) is 3. The van der Waals surface area contributed by atoms with Crippen molar-refractivity contribution in [3.05, 3.63) is 53.9 Å². The molecule has 3 rings (SSSR count). The maximum atomic E-state index is 10.6. The summed E-state index contributed by atoms with van der Waals surface area (Å²) in [6.45, 7) is 4.16. The Hall–Kier alpha value is -2.76. The summed E-state index contributed by atoms with van der Waals surface area (Å²) >= 11 is 0. The van der Waals surface area contributed by atoms with Crippen molar-refractivity contribution in [3.63, 3.8) is 0 Å². The van der Waals surface area contributed by atoms with E-state index in [1.165, 1.54) is 0 Å². The summed E-state index contributed by atoms with van der Waals surface area (Å²) in [7, 11) is 0. The lowest BCUT2D eigenvalue weighted by Crippen LogP contribution is -2.48. The van der Waals surface area contributed by atoms with Gasteiger partial charge in [0, 0.05) is 24.3 Å². The maximum Gasteiger partial charge on any atom is 0.404 e. The molecule has 6 nitrogen and oxygen atoms in total. The first kappa shape index (κ1) is 17.1. The fourth-order valence-electron chi connectivity index (χ4n) is 2.99. The SMILES string of the molecule is CC(C)(c1ccc(O)cc1)c1ccc(OC2CC(NC(=O)O)C2)cn1. The van der Waals surface area contributed by atoms with Crippen molar-refractivity contribution in [1.82, 2.24) is 10.3 Å². The van der Waals surface area contributed by atoms with E-state index in [0.717, 1.165) is 11.3 Å². The molecule has 0 spiro atoms. The van der Waals surface area contributed by atoms with Crippen LogP contribution >= 0.6 is 0 Å². The lowest BCUT2D eigenvalue weighted by molar-refractivity contribution is 0.0830.